The molecule has 8 heteroatoms. The first-order valence-corrected chi connectivity index (χ1v) is 13.2. The van der Waals surface area contributed by atoms with Gasteiger partial charge in [0.05, 0.1) is 18.1 Å². The van der Waals surface area contributed by atoms with Gasteiger partial charge in [-0.05, 0) is 36.2 Å². The second-order valence-corrected chi connectivity index (χ2v) is 11.2. The average molecular weight is 517 g/mol. The summed E-state index contributed by atoms with van der Waals surface area (Å²) >= 11 is 1.73. The van der Waals surface area contributed by atoms with E-state index in [1.165, 1.54) is 20.7 Å². The van der Waals surface area contributed by atoms with Gasteiger partial charge in [-0.15, -0.1) is 11.3 Å². The Morgan fingerprint density at radius 1 is 1.19 bits per heavy atom. The highest BCUT2D eigenvalue weighted by Crippen LogP contribution is 2.48. The van der Waals surface area contributed by atoms with E-state index in [9.17, 15) is 19.8 Å². The normalized spacial score (nSPS) is 22.0. The minimum atomic E-state index is -1.14. The van der Waals surface area contributed by atoms with Gasteiger partial charge in [0.25, 0.3) is 0 Å². The third-order valence-electron chi connectivity index (χ3n) is 7.75. The largest absolute Gasteiger partial charge is 0.488 e. The van der Waals surface area contributed by atoms with Crippen LogP contribution in [0.3, 0.4) is 0 Å². The summed E-state index contributed by atoms with van der Waals surface area (Å²) in [5.41, 5.74) is 3.08. The first-order valence-electron chi connectivity index (χ1n) is 12.4. The lowest BCUT2D eigenvalue weighted by Gasteiger charge is -2.46. The fourth-order valence-electron chi connectivity index (χ4n) is 6.01. The first kappa shape index (κ1) is 23.8. The number of aliphatic carboxylic acids is 1. The standard InChI is InChI=1S/C29H28N2O5S/c1-15-20(26(29(34)35)31-25(15)23(16(2)32)28(31)33)14-36-21-8-5-9-22-24(21)19-7-4-6-18(27(19)37-22)12-17-10-11-30(3)13-17/h4-11,13,15-16,23,25,32H,12,14H2,1-3H3,(H,34,35)/t15-,16?,23?,25?/m0/s1. The molecule has 4 aromatic rings. The number of aliphatic hydroxyl groups excluding tert-OH is 1. The zero-order chi connectivity index (χ0) is 26.0. The van der Waals surface area contributed by atoms with Crippen molar-refractivity contribution in [2.24, 2.45) is 18.9 Å². The number of carbonyl (C=O) groups is 2. The van der Waals surface area contributed by atoms with E-state index in [-0.39, 0.29) is 30.2 Å². The number of aryl methyl sites for hydroxylation is 1. The van der Waals surface area contributed by atoms with Gasteiger partial charge in [-0.25, -0.2) is 4.79 Å². The van der Waals surface area contributed by atoms with Gasteiger partial charge in [0, 0.05) is 57.5 Å². The number of aliphatic hydroxyl groups is 1. The average Bonchev–Trinajstić information content (AvgIpc) is 3.51. The number of benzene rings is 2. The van der Waals surface area contributed by atoms with E-state index in [2.05, 4.69) is 47.3 Å². The molecule has 2 N–H and O–H groups in total. The number of rotatable bonds is 7. The van der Waals surface area contributed by atoms with E-state index in [1.807, 2.05) is 26.1 Å². The molecule has 0 radical (unpaired) electrons. The van der Waals surface area contributed by atoms with Gasteiger partial charge in [0.2, 0.25) is 5.91 Å². The molecule has 1 saturated heterocycles. The molecule has 0 aliphatic carbocycles. The van der Waals surface area contributed by atoms with Gasteiger partial charge in [-0.2, -0.15) is 0 Å². The van der Waals surface area contributed by atoms with Crippen molar-refractivity contribution in [3.63, 3.8) is 0 Å². The van der Waals surface area contributed by atoms with Crippen LogP contribution in [0.2, 0.25) is 0 Å². The van der Waals surface area contributed by atoms with Gasteiger partial charge < -0.3 is 24.4 Å². The Bertz CT molecular complexity index is 1600. The third kappa shape index (κ3) is 3.66. The van der Waals surface area contributed by atoms with E-state index in [4.69, 9.17) is 4.74 Å². The zero-order valence-electron chi connectivity index (χ0n) is 20.8. The number of carboxylic acid groups (broad SMARTS) is 1. The van der Waals surface area contributed by atoms with Crippen LogP contribution in [0.25, 0.3) is 20.2 Å². The van der Waals surface area contributed by atoms with Crippen LogP contribution < -0.4 is 4.74 Å². The van der Waals surface area contributed by atoms with Crippen molar-refractivity contribution in [1.29, 1.82) is 0 Å². The summed E-state index contributed by atoms with van der Waals surface area (Å²) in [5, 5.41) is 22.2. The van der Waals surface area contributed by atoms with Crippen molar-refractivity contribution >= 4 is 43.4 Å². The van der Waals surface area contributed by atoms with Crippen LogP contribution in [0, 0.1) is 11.8 Å². The zero-order valence-corrected chi connectivity index (χ0v) is 21.7. The van der Waals surface area contributed by atoms with E-state index >= 15 is 0 Å². The number of amides is 1. The Morgan fingerprint density at radius 3 is 2.68 bits per heavy atom. The van der Waals surface area contributed by atoms with E-state index in [0.717, 1.165) is 21.9 Å². The van der Waals surface area contributed by atoms with Crippen molar-refractivity contribution in [1.82, 2.24) is 9.47 Å². The molecular weight excluding hydrogens is 488 g/mol. The number of hydrogen-bond donors (Lipinski definition) is 2. The van der Waals surface area contributed by atoms with Gasteiger partial charge >= 0.3 is 5.97 Å². The Kier molecular flexibility index (Phi) is 5.62. The van der Waals surface area contributed by atoms with Crippen LogP contribution in [0.4, 0.5) is 0 Å². The van der Waals surface area contributed by atoms with Crippen LogP contribution in [-0.2, 0) is 23.1 Å². The van der Waals surface area contributed by atoms with Crippen molar-refractivity contribution in [3.8, 4) is 5.75 Å². The highest BCUT2D eigenvalue weighted by Gasteiger charge is 2.59. The van der Waals surface area contributed by atoms with Crippen LogP contribution in [0.1, 0.15) is 25.0 Å². The van der Waals surface area contributed by atoms with Crippen molar-refractivity contribution < 1.29 is 24.5 Å². The molecule has 4 heterocycles. The monoisotopic (exact) mass is 516 g/mol. The molecule has 4 atom stereocenters. The first-order chi connectivity index (χ1) is 17.8. The lowest BCUT2D eigenvalue weighted by atomic mass is 9.78. The SMILES string of the molecule is CC(O)C1C(=O)N2C(C(=O)O)=C(COc3cccc4sc5c(Cc6ccn(C)c6)cccc5c34)[C@H](C)C12. The molecular formula is C29H28N2O5S. The number of carbonyl (C=O) groups excluding carboxylic acids is 1. The van der Waals surface area contributed by atoms with Crippen molar-refractivity contribution in [2.75, 3.05) is 6.61 Å². The van der Waals surface area contributed by atoms with Gasteiger partial charge in [0.15, 0.2) is 0 Å². The summed E-state index contributed by atoms with van der Waals surface area (Å²) in [6.07, 6.45) is 4.19. The smallest absolute Gasteiger partial charge is 0.352 e. The number of β-lactam (4-membered cyclic amide) rings is 1. The molecule has 0 bridgehead atoms. The maximum atomic E-state index is 12.6. The molecule has 7 nitrogen and oxygen atoms in total. The topological polar surface area (TPSA) is 92.0 Å². The Balaban J connectivity index is 1.35. The molecule has 2 aromatic heterocycles. The maximum Gasteiger partial charge on any atom is 0.352 e. The van der Waals surface area contributed by atoms with Crippen LogP contribution in [0.5, 0.6) is 5.75 Å². The maximum absolute atomic E-state index is 12.6. The van der Waals surface area contributed by atoms with Crippen molar-refractivity contribution in [3.05, 3.63) is 77.3 Å². The van der Waals surface area contributed by atoms with Crippen molar-refractivity contribution in [2.45, 2.75) is 32.4 Å². The highest BCUT2D eigenvalue weighted by molar-refractivity contribution is 7.26. The number of nitrogens with zero attached hydrogens (tertiary/aromatic N) is 2. The molecule has 3 unspecified atom stereocenters. The molecule has 0 saturated carbocycles. The van der Waals surface area contributed by atoms with Crippen LogP contribution in [0.15, 0.2) is 66.1 Å². The molecule has 1 fully saturated rings. The van der Waals surface area contributed by atoms with Gasteiger partial charge in [-0.3, -0.25) is 4.79 Å². The lowest BCUT2D eigenvalue weighted by Crippen LogP contribution is -2.63. The number of hydrogen-bond acceptors (Lipinski definition) is 5. The molecule has 6 rings (SSSR count). The summed E-state index contributed by atoms with van der Waals surface area (Å²) in [6, 6.07) is 14.1. The Morgan fingerprint density at radius 2 is 1.97 bits per heavy atom. The number of fused-ring (bicyclic) bond motifs is 4. The highest BCUT2D eigenvalue weighted by atomic mass is 32.1. The quantitative estimate of drug-likeness (QED) is 0.352. The fraction of sp³-hybridized carbons (Fsp3) is 0.310. The molecule has 37 heavy (non-hydrogen) atoms. The van der Waals surface area contributed by atoms with Gasteiger partial charge in [-0.1, -0.05) is 31.2 Å². The lowest BCUT2D eigenvalue weighted by molar-refractivity contribution is -0.163. The molecule has 1 amide bonds. The summed E-state index contributed by atoms with van der Waals surface area (Å²) < 4.78 is 10.7. The second-order valence-electron chi connectivity index (χ2n) is 10.1. The van der Waals surface area contributed by atoms with Gasteiger partial charge in [0.1, 0.15) is 18.1 Å². The summed E-state index contributed by atoms with van der Waals surface area (Å²) in [4.78, 5) is 26.1. The summed E-state index contributed by atoms with van der Waals surface area (Å²) in [5.74, 6) is -1.60. The second kappa shape index (κ2) is 8.75. The van der Waals surface area contributed by atoms with E-state index in [1.54, 1.807) is 18.3 Å². The Hall–Kier alpha value is -3.62. The van der Waals surface area contributed by atoms with Crippen LogP contribution >= 0.6 is 11.3 Å². The molecule has 0 spiro atoms. The number of thiophene rings is 1. The predicted octanol–water partition coefficient (Wildman–Crippen LogP) is 4.56. The molecule has 2 aliphatic heterocycles. The van der Waals surface area contributed by atoms with E-state index < -0.39 is 18.0 Å². The number of carboxylic acids is 1. The number of aromatic nitrogens is 1. The minimum Gasteiger partial charge on any atom is -0.488 e. The molecule has 190 valence electrons. The molecule has 2 aromatic carbocycles. The minimum absolute atomic E-state index is 0.00750. The summed E-state index contributed by atoms with van der Waals surface area (Å²) in [6.45, 7) is 3.55. The molecule has 2 aliphatic rings. The van der Waals surface area contributed by atoms with Crippen LogP contribution in [-0.4, -0.2) is 50.3 Å². The fourth-order valence-corrected chi connectivity index (χ4v) is 7.24. The third-order valence-corrected chi connectivity index (χ3v) is 9.00. The Labute approximate surface area is 218 Å². The van der Waals surface area contributed by atoms with E-state index in [0.29, 0.717) is 11.3 Å². The predicted molar refractivity (Wildman–Crippen MR) is 143 cm³/mol. The summed E-state index contributed by atoms with van der Waals surface area (Å²) in [7, 11) is 2.02. The number of ether oxygens (including phenoxy) is 1.